The molecule has 6 nitrogen and oxygen atoms in total. The third-order valence-corrected chi connectivity index (χ3v) is 7.63. The van der Waals surface area contributed by atoms with Crippen molar-refractivity contribution >= 4 is 16.0 Å². The van der Waals surface area contributed by atoms with Crippen LogP contribution in [0, 0.1) is 17.3 Å². The SMILES string of the molecule is C=C1C[C@@H](O)[C@@]2(C)CCC3c4cc(OC)c(NS(=O)(=O)O)cc4CCC3[C@H]12. The van der Waals surface area contributed by atoms with E-state index in [4.69, 9.17) is 9.29 Å². The van der Waals surface area contributed by atoms with Crippen LogP contribution in [0.25, 0.3) is 0 Å². The summed E-state index contributed by atoms with van der Waals surface area (Å²) in [6, 6.07) is 3.70. The fourth-order valence-electron chi connectivity index (χ4n) is 5.97. The highest BCUT2D eigenvalue weighted by Gasteiger charge is 2.56. The molecule has 3 N–H and O–H groups in total. The molecule has 5 atom stereocenters. The molecule has 2 unspecified atom stereocenters. The van der Waals surface area contributed by atoms with Gasteiger partial charge in [-0.25, -0.2) is 0 Å². The van der Waals surface area contributed by atoms with Gasteiger partial charge in [0.2, 0.25) is 0 Å². The average Bonchev–Trinajstić information content (AvgIpc) is 2.81. The third kappa shape index (κ3) is 2.96. The number of aliphatic hydroxyl groups excluding tert-OH is 1. The van der Waals surface area contributed by atoms with Crippen LogP contribution in [0.15, 0.2) is 24.3 Å². The molecule has 2 fully saturated rings. The van der Waals surface area contributed by atoms with Gasteiger partial charge in [-0.1, -0.05) is 19.1 Å². The minimum atomic E-state index is -4.36. The topological polar surface area (TPSA) is 95.9 Å². The van der Waals surface area contributed by atoms with E-state index in [0.29, 0.717) is 29.9 Å². The molecule has 0 radical (unpaired) electrons. The summed E-state index contributed by atoms with van der Waals surface area (Å²) in [6.07, 6.45) is 4.14. The molecule has 0 aromatic heterocycles. The molecule has 0 amide bonds. The smallest absolute Gasteiger partial charge is 0.357 e. The number of ether oxygens (including phenoxy) is 1. The number of anilines is 1. The van der Waals surface area contributed by atoms with Gasteiger partial charge in [-0.2, -0.15) is 8.42 Å². The highest BCUT2D eigenvalue weighted by atomic mass is 32.2. The second-order valence-corrected chi connectivity index (χ2v) is 9.69. The number of benzene rings is 1. The summed E-state index contributed by atoms with van der Waals surface area (Å²) in [7, 11) is -2.87. The number of aryl methyl sites for hydroxylation is 1. The van der Waals surface area contributed by atoms with E-state index in [2.05, 4.69) is 18.2 Å². The number of aliphatic hydroxyl groups is 1. The predicted octanol–water partition coefficient (Wildman–Crippen LogP) is 3.29. The molecule has 2 saturated carbocycles. The van der Waals surface area contributed by atoms with E-state index in [-0.39, 0.29) is 17.2 Å². The van der Waals surface area contributed by atoms with Crippen molar-refractivity contribution in [3.8, 4) is 5.75 Å². The molecular weight excluding hydrogens is 366 g/mol. The highest BCUT2D eigenvalue weighted by Crippen LogP contribution is 2.62. The van der Waals surface area contributed by atoms with Gasteiger partial charge in [0.1, 0.15) is 5.75 Å². The summed E-state index contributed by atoms with van der Waals surface area (Å²) in [4.78, 5) is 0. The number of fused-ring (bicyclic) bond motifs is 5. The maximum atomic E-state index is 11.2. The van der Waals surface area contributed by atoms with Crippen LogP contribution in [0.4, 0.5) is 5.69 Å². The van der Waals surface area contributed by atoms with Crippen molar-refractivity contribution in [1.82, 2.24) is 0 Å². The van der Waals surface area contributed by atoms with Gasteiger partial charge >= 0.3 is 10.3 Å². The predicted molar refractivity (Wildman–Crippen MR) is 103 cm³/mol. The van der Waals surface area contributed by atoms with E-state index < -0.39 is 10.3 Å². The van der Waals surface area contributed by atoms with Crippen LogP contribution in [-0.2, 0) is 16.7 Å². The average molecular weight is 394 g/mol. The molecule has 7 heteroatoms. The lowest BCUT2D eigenvalue weighted by Gasteiger charge is -2.50. The monoisotopic (exact) mass is 393 g/mol. The second-order valence-electron chi connectivity index (χ2n) is 8.54. The molecule has 4 rings (SSSR count). The molecule has 0 bridgehead atoms. The number of methoxy groups -OCH3 is 1. The van der Waals surface area contributed by atoms with Crippen LogP contribution in [0.3, 0.4) is 0 Å². The van der Waals surface area contributed by atoms with Crippen LogP contribution in [0.5, 0.6) is 5.75 Å². The van der Waals surface area contributed by atoms with Crippen molar-refractivity contribution in [3.63, 3.8) is 0 Å². The lowest BCUT2D eigenvalue weighted by atomic mass is 9.55. The molecule has 0 saturated heterocycles. The zero-order valence-corrected chi connectivity index (χ0v) is 16.6. The summed E-state index contributed by atoms with van der Waals surface area (Å²) >= 11 is 0. The standard InChI is InChI=1S/C20H27NO5S/c1-11-8-18(22)20(2)7-6-13-14(19(11)20)5-4-12-9-16(21-27(23,24)25)17(26-3)10-15(12)13/h9-10,13-14,18-19,21-22H,1,4-8H2,2-3H3,(H,23,24,25)/t13?,14?,18-,19+,20-/m1/s1. The summed E-state index contributed by atoms with van der Waals surface area (Å²) in [5, 5.41) is 10.6. The second kappa shape index (κ2) is 6.22. The first-order valence-corrected chi connectivity index (χ1v) is 10.9. The largest absolute Gasteiger partial charge is 0.495 e. The van der Waals surface area contributed by atoms with Crippen molar-refractivity contribution in [1.29, 1.82) is 0 Å². The molecule has 0 aliphatic heterocycles. The molecule has 3 aliphatic rings. The van der Waals surface area contributed by atoms with Crippen LogP contribution in [0.1, 0.15) is 49.7 Å². The molecule has 1 aromatic rings. The first kappa shape index (κ1) is 18.8. The molecule has 0 spiro atoms. The first-order valence-electron chi connectivity index (χ1n) is 9.46. The van der Waals surface area contributed by atoms with E-state index in [1.165, 1.54) is 18.2 Å². The number of rotatable bonds is 3. The van der Waals surface area contributed by atoms with E-state index in [9.17, 15) is 13.5 Å². The van der Waals surface area contributed by atoms with Crippen LogP contribution in [-0.4, -0.2) is 31.3 Å². The lowest BCUT2D eigenvalue weighted by Crippen LogP contribution is -2.44. The van der Waals surface area contributed by atoms with Gasteiger partial charge in [0.05, 0.1) is 18.9 Å². The van der Waals surface area contributed by atoms with E-state index in [1.54, 1.807) is 6.07 Å². The van der Waals surface area contributed by atoms with E-state index in [1.807, 2.05) is 6.07 Å². The van der Waals surface area contributed by atoms with Gasteiger partial charge in [0.25, 0.3) is 0 Å². The first-order chi connectivity index (χ1) is 12.6. The van der Waals surface area contributed by atoms with E-state index in [0.717, 1.165) is 31.2 Å². The molecule has 27 heavy (non-hydrogen) atoms. The van der Waals surface area contributed by atoms with E-state index >= 15 is 0 Å². The molecule has 148 valence electrons. The Balaban J connectivity index is 1.73. The third-order valence-electron chi connectivity index (χ3n) is 7.15. The summed E-state index contributed by atoms with van der Waals surface area (Å²) in [5.74, 6) is 1.51. The Morgan fingerprint density at radius 1 is 1.33 bits per heavy atom. The zero-order valence-electron chi connectivity index (χ0n) is 15.7. The number of hydrogen-bond donors (Lipinski definition) is 3. The number of nitrogens with one attached hydrogen (secondary N) is 1. The summed E-state index contributed by atoms with van der Waals surface area (Å²) in [6.45, 7) is 6.48. The number of hydrogen-bond acceptors (Lipinski definition) is 4. The molecule has 1 aromatic carbocycles. The molecule has 0 heterocycles. The summed E-state index contributed by atoms with van der Waals surface area (Å²) < 4.78 is 39.2. The zero-order chi connectivity index (χ0) is 19.6. The fourth-order valence-corrected chi connectivity index (χ4v) is 6.41. The Morgan fingerprint density at radius 3 is 2.74 bits per heavy atom. The Morgan fingerprint density at radius 2 is 2.07 bits per heavy atom. The van der Waals surface area contributed by atoms with Crippen molar-refractivity contribution in [2.75, 3.05) is 11.8 Å². The van der Waals surface area contributed by atoms with Crippen LogP contribution < -0.4 is 9.46 Å². The van der Waals surface area contributed by atoms with Gasteiger partial charge < -0.3 is 9.84 Å². The Bertz CT molecular complexity index is 896. The quantitative estimate of drug-likeness (QED) is 0.541. The fraction of sp³-hybridized carbons (Fsp3) is 0.600. The van der Waals surface area contributed by atoms with Crippen molar-refractivity contribution in [2.45, 2.75) is 51.0 Å². The van der Waals surface area contributed by atoms with Gasteiger partial charge in [-0.15, -0.1) is 0 Å². The minimum Gasteiger partial charge on any atom is -0.495 e. The van der Waals surface area contributed by atoms with Crippen molar-refractivity contribution < 1.29 is 22.8 Å². The molecular formula is C20H27NO5S. The van der Waals surface area contributed by atoms with Crippen LogP contribution >= 0.6 is 0 Å². The van der Waals surface area contributed by atoms with Gasteiger partial charge in [-0.3, -0.25) is 9.27 Å². The van der Waals surface area contributed by atoms with Crippen LogP contribution in [0.2, 0.25) is 0 Å². The Labute approximate surface area is 160 Å². The van der Waals surface area contributed by atoms with Crippen molar-refractivity contribution in [3.05, 3.63) is 35.4 Å². The van der Waals surface area contributed by atoms with Gasteiger partial charge in [0, 0.05) is 5.41 Å². The maximum absolute atomic E-state index is 11.2. The Hall–Kier alpha value is -1.57. The normalized spacial score (nSPS) is 35.2. The highest BCUT2D eigenvalue weighted by molar-refractivity contribution is 7.87. The summed E-state index contributed by atoms with van der Waals surface area (Å²) in [5.41, 5.74) is 3.63. The van der Waals surface area contributed by atoms with Gasteiger partial charge in [-0.05, 0) is 73.1 Å². The van der Waals surface area contributed by atoms with Gasteiger partial charge in [0.15, 0.2) is 0 Å². The van der Waals surface area contributed by atoms with Crippen molar-refractivity contribution in [2.24, 2.45) is 17.3 Å². The molecule has 3 aliphatic carbocycles. The minimum absolute atomic E-state index is 0.0910. The Kier molecular flexibility index (Phi) is 4.33. The maximum Gasteiger partial charge on any atom is 0.357 e. The lowest BCUT2D eigenvalue weighted by molar-refractivity contribution is -0.0178.